The highest BCUT2D eigenvalue weighted by Crippen LogP contribution is 2.44. The van der Waals surface area contributed by atoms with Gasteiger partial charge in [-0.3, -0.25) is 0 Å². The van der Waals surface area contributed by atoms with Gasteiger partial charge in [-0.25, -0.2) is 14.4 Å². The molecule has 2 aromatic carbocycles. The number of unbranched alkanes of at least 4 members (excludes halogenated alkanes) is 1. The van der Waals surface area contributed by atoms with E-state index in [2.05, 4.69) is 5.32 Å². The molecule has 3 rings (SSSR count). The average molecular weight is 633 g/mol. The van der Waals surface area contributed by atoms with Crippen molar-refractivity contribution in [1.82, 2.24) is 10.2 Å². The van der Waals surface area contributed by atoms with E-state index in [0.717, 1.165) is 27.2 Å². The van der Waals surface area contributed by atoms with E-state index in [1.54, 1.807) is 20.8 Å². The number of fused-ring (bicyclic) bond motifs is 3. The summed E-state index contributed by atoms with van der Waals surface area (Å²) in [7, 11) is 0. The Balaban J connectivity index is 1.54. The van der Waals surface area contributed by atoms with Crippen molar-refractivity contribution < 1.29 is 54.5 Å². The number of carbonyl (C=O) groups excluding carboxylic acids is 2. The fraction of sp³-hybridized carbons (Fsp3) is 0.531. The first-order valence-corrected chi connectivity index (χ1v) is 14.9. The number of amides is 2. The van der Waals surface area contributed by atoms with E-state index in [1.165, 1.54) is 0 Å². The number of aliphatic hydroxyl groups excluding tert-OH is 5. The van der Waals surface area contributed by atoms with Gasteiger partial charge in [-0.05, 0) is 62.3 Å². The summed E-state index contributed by atoms with van der Waals surface area (Å²) in [6.07, 6.45) is -8.37. The van der Waals surface area contributed by atoms with Crippen molar-refractivity contribution in [2.24, 2.45) is 0 Å². The molecule has 0 heterocycles. The van der Waals surface area contributed by atoms with Crippen LogP contribution in [0.2, 0.25) is 0 Å². The topological polar surface area (TPSA) is 206 Å². The first-order valence-electron chi connectivity index (χ1n) is 14.9. The van der Waals surface area contributed by atoms with E-state index in [-0.39, 0.29) is 38.3 Å². The van der Waals surface area contributed by atoms with Gasteiger partial charge in [0.1, 0.15) is 42.7 Å². The Morgan fingerprint density at radius 2 is 1.44 bits per heavy atom. The molecule has 2 aromatic rings. The van der Waals surface area contributed by atoms with Crippen LogP contribution in [0.3, 0.4) is 0 Å². The maximum atomic E-state index is 12.8. The van der Waals surface area contributed by atoms with Gasteiger partial charge >= 0.3 is 18.2 Å². The molecule has 1 aliphatic carbocycles. The number of alkyl carbamates (subject to hydrolysis) is 1. The van der Waals surface area contributed by atoms with Crippen molar-refractivity contribution >= 4 is 18.2 Å². The van der Waals surface area contributed by atoms with Crippen molar-refractivity contribution in [2.45, 2.75) is 82.0 Å². The standard InChI is InChI=1S/C32H44N2O11/c1-32(2,3)45-31(43)34(16-25(36)27(38)28(39)26(37)17-35)15-9-8-14-24(29(40)41)33-30(42)44-18-23-21-12-6-4-10-19(21)20-11-5-7-13-22(20)23/h4-7,10-13,23-28,35-39H,8-9,14-18H2,1-3H3,(H,33,42)(H,40,41)/t24-,25-,26-,27-,28+/m0/s1. The molecule has 0 bridgehead atoms. The second-order valence-electron chi connectivity index (χ2n) is 12.1. The molecule has 0 fully saturated rings. The Labute approximate surface area is 262 Å². The summed E-state index contributed by atoms with van der Waals surface area (Å²) in [6.45, 7) is 3.59. The minimum atomic E-state index is -1.88. The first-order chi connectivity index (χ1) is 21.2. The molecule has 13 heteroatoms. The van der Waals surface area contributed by atoms with Crippen LogP contribution in [0.5, 0.6) is 0 Å². The number of aliphatic carboxylic acids is 1. The van der Waals surface area contributed by atoms with E-state index in [1.807, 2.05) is 48.5 Å². The van der Waals surface area contributed by atoms with E-state index >= 15 is 0 Å². The summed E-state index contributed by atoms with van der Waals surface area (Å²) in [6, 6.07) is 14.4. The number of nitrogens with one attached hydrogen (secondary N) is 1. The molecule has 0 aromatic heterocycles. The number of nitrogens with zero attached hydrogens (tertiary/aromatic N) is 1. The van der Waals surface area contributed by atoms with E-state index < -0.39 is 67.4 Å². The lowest BCUT2D eigenvalue weighted by Crippen LogP contribution is -2.51. The second-order valence-corrected chi connectivity index (χ2v) is 12.1. The molecule has 45 heavy (non-hydrogen) atoms. The van der Waals surface area contributed by atoms with Crippen molar-refractivity contribution in [3.63, 3.8) is 0 Å². The maximum absolute atomic E-state index is 12.8. The SMILES string of the molecule is CC(C)(C)OC(=O)N(CCCC[C@H](NC(=O)OCC1c2ccccc2-c2ccccc21)C(=O)O)C[C@H](O)[C@H](O)[C@H](O)[C@@H](O)CO. The van der Waals surface area contributed by atoms with Gasteiger partial charge < -0.3 is 50.3 Å². The Morgan fingerprint density at radius 3 is 1.98 bits per heavy atom. The molecule has 0 unspecified atom stereocenters. The predicted molar refractivity (Wildman–Crippen MR) is 162 cm³/mol. The quantitative estimate of drug-likeness (QED) is 0.141. The number of hydrogen-bond donors (Lipinski definition) is 7. The zero-order valence-corrected chi connectivity index (χ0v) is 25.7. The van der Waals surface area contributed by atoms with E-state index in [9.17, 15) is 39.9 Å². The third-order valence-corrected chi connectivity index (χ3v) is 7.49. The van der Waals surface area contributed by atoms with Crippen LogP contribution >= 0.6 is 0 Å². The number of rotatable bonds is 15. The number of carboxylic acids is 1. The monoisotopic (exact) mass is 632 g/mol. The summed E-state index contributed by atoms with van der Waals surface area (Å²) in [5.74, 6) is -1.45. The Kier molecular flexibility index (Phi) is 12.7. The van der Waals surface area contributed by atoms with Crippen LogP contribution in [-0.4, -0.2) is 116 Å². The lowest BCUT2D eigenvalue weighted by Gasteiger charge is -2.32. The summed E-state index contributed by atoms with van der Waals surface area (Å²) in [5, 5.41) is 61.2. The summed E-state index contributed by atoms with van der Waals surface area (Å²) in [5.41, 5.74) is 3.28. The van der Waals surface area contributed by atoms with Crippen molar-refractivity contribution in [3.05, 3.63) is 59.7 Å². The molecule has 0 saturated carbocycles. The highest BCUT2D eigenvalue weighted by molar-refractivity contribution is 5.81. The van der Waals surface area contributed by atoms with Crippen molar-refractivity contribution in [3.8, 4) is 11.1 Å². The van der Waals surface area contributed by atoms with Crippen molar-refractivity contribution in [1.29, 1.82) is 0 Å². The predicted octanol–water partition coefficient (Wildman–Crippen LogP) is 1.82. The van der Waals surface area contributed by atoms with Crippen molar-refractivity contribution in [2.75, 3.05) is 26.3 Å². The zero-order chi connectivity index (χ0) is 33.3. The fourth-order valence-corrected chi connectivity index (χ4v) is 5.17. The highest BCUT2D eigenvalue weighted by atomic mass is 16.6. The summed E-state index contributed by atoms with van der Waals surface area (Å²) >= 11 is 0. The molecule has 2 amide bonds. The van der Waals surface area contributed by atoms with Gasteiger partial charge in [0, 0.05) is 12.5 Å². The number of ether oxygens (including phenoxy) is 2. The Bertz CT molecular complexity index is 1250. The molecule has 0 spiro atoms. The molecule has 0 radical (unpaired) electrons. The normalized spacial score (nSPS) is 16.0. The fourth-order valence-electron chi connectivity index (χ4n) is 5.17. The summed E-state index contributed by atoms with van der Waals surface area (Å²) < 4.78 is 10.8. The molecule has 1 aliphatic rings. The van der Waals surface area contributed by atoms with Crippen LogP contribution in [0, 0.1) is 0 Å². The molecular formula is C32H44N2O11. The smallest absolute Gasteiger partial charge is 0.410 e. The minimum Gasteiger partial charge on any atom is -0.480 e. The number of benzene rings is 2. The third kappa shape index (κ3) is 9.87. The number of carbonyl (C=O) groups is 3. The molecule has 248 valence electrons. The van der Waals surface area contributed by atoms with Crippen LogP contribution in [0.1, 0.15) is 57.1 Å². The second kappa shape index (κ2) is 16.0. The van der Waals surface area contributed by atoms with E-state index in [0.29, 0.717) is 0 Å². The van der Waals surface area contributed by atoms with Crippen LogP contribution in [0.15, 0.2) is 48.5 Å². The Morgan fingerprint density at radius 1 is 0.889 bits per heavy atom. The molecule has 13 nitrogen and oxygen atoms in total. The van der Waals surface area contributed by atoms with Gasteiger partial charge in [0.15, 0.2) is 0 Å². The van der Waals surface area contributed by atoms with Gasteiger partial charge in [0.05, 0.1) is 13.2 Å². The molecular weight excluding hydrogens is 588 g/mol. The maximum Gasteiger partial charge on any atom is 0.410 e. The van der Waals surface area contributed by atoms with Gasteiger partial charge in [-0.2, -0.15) is 0 Å². The Hall–Kier alpha value is -3.75. The van der Waals surface area contributed by atoms with Gasteiger partial charge in [0.2, 0.25) is 0 Å². The summed E-state index contributed by atoms with van der Waals surface area (Å²) in [4.78, 5) is 38.4. The molecule has 0 aliphatic heterocycles. The molecule has 5 atom stereocenters. The lowest BCUT2D eigenvalue weighted by molar-refractivity contribution is -0.139. The number of carboxylic acid groups (broad SMARTS) is 1. The zero-order valence-electron chi connectivity index (χ0n) is 25.7. The molecule has 7 N–H and O–H groups in total. The van der Waals surface area contributed by atoms with Crippen LogP contribution < -0.4 is 5.32 Å². The minimum absolute atomic E-state index is 0.00821. The van der Waals surface area contributed by atoms with Gasteiger partial charge in [-0.1, -0.05) is 48.5 Å². The number of hydrogen-bond acceptors (Lipinski definition) is 10. The first kappa shape index (κ1) is 35.7. The van der Waals surface area contributed by atoms with Gasteiger partial charge in [0.25, 0.3) is 0 Å². The average Bonchev–Trinajstić information content (AvgIpc) is 3.32. The van der Waals surface area contributed by atoms with Crippen LogP contribution in [-0.2, 0) is 14.3 Å². The third-order valence-electron chi connectivity index (χ3n) is 7.49. The number of aliphatic hydroxyl groups is 5. The lowest BCUT2D eigenvalue weighted by atomic mass is 9.98. The highest BCUT2D eigenvalue weighted by Gasteiger charge is 2.34. The molecule has 0 saturated heterocycles. The van der Waals surface area contributed by atoms with E-state index in [4.69, 9.17) is 14.6 Å². The van der Waals surface area contributed by atoms with Crippen LogP contribution in [0.25, 0.3) is 11.1 Å². The van der Waals surface area contributed by atoms with Crippen LogP contribution in [0.4, 0.5) is 9.59 Å². The van der Waals surface area contributed by atoms with Gasteiger partial charge in [-0.15, -0.1) is 0 Å². The largest absolute Gasteiger partial charge is 0.480 e.